The van der Waals surface area contributed by atoms with Gasteiger partial charge in [0.25, 0.3) is 10.2 Å². The van der Waals surface area contributed by atoms with E-state index in [0.29, 0.717) is 13.1 Å². The highest BCUT2D eigenvalue weighted by atomic mass is 32.2. The van der Waals surface area contributed by atoms with E-state index in [1.165, 1.54) is 23.9 Å². The van der Waals surface area contributed by atoms with Gasteiger partial charge in [0.15, 0.2) is 6.23 Å². The number of likely N-dealkylation sites (N-methyl/N-ethyl adjacent to an activating group) is 3. The van der Waals surface area contributed by atoms with Gasteiger partial charge in [0, 0.05) is 27.2 Å². The normalized spacial score (nSPS) is 25.3. The number of hydrogen-bond acceptors (Lipinski definition) is 4. The first-order chi connectivity index (χ1) is 8.31. The maximum atomic E-state index is 12.0. The molecule has 1 rings (SSSR count). The molecule has 0 aromatic heterocycles. The quantitative estimate of drug-likeness (QED) is 0.662. The Morgan fingerprint density at radius 2 is 1.83 bits per heavy atom. The smallest absolute Gasteiger partial charge is 0.323 e. The molecule has 0 spiro atoms. The van der Waals surface area contributed by atoms with Crippen molar-refractivity contribution in [2.45, 2.75) is 26.2 Å². The molecule has 8 nitrogen and oxygen atoms in total. The number of nitrogens with zero attached hydrogens (tertiary/aromatic N) is 3. The summed E-state index contributed by atoms with van der Waals surface area (Å²) in [5.74, 6) is 0. The molecular formula is C9H20N4O4S. The van der Waals surface area contributed by atoms with Crippen molar-refractivity contribution < 1.29 is 18.3 Å². The molecule has 1 saturated heterocycles. The van der Waals surface area contributed by atoms with Crippen LogP contribution in [0, 0.1) is 0 Å². The molecule has 1 heterocycles. The third kappa shape index (κ3) is 2.30. The first-order valence-electron chi connectivity index (χ1n) is 5.73. The Morgan fingerprint density at radius 3 is 2.22 bits per heavy atom. The van der Waals surface area contributed by atoms with E-state index in [1.54, 1.807) is 13.8 Å². The fraction of sp³-hybridized carbons (Fsp3) is 0.889. The first kappa shape index (κ1) is 15.2. The van der Waals surface area contributed by atoms with Crippen molar-refractivity contribution in [3.63, 3.8) is 0 Å². The lowest BCUT2D eigenvalue weighted by atomic mass is 10.4. The molecule has 0 bridgehead atoms. The third-order valence-corrected chi connectivity index (χ3v) is 4.58. The van der Waals surface area contributed by atoms with Crippen LogP contribution in [0.4, 0.5) is 4.79 Å². The van der Waals surface area contributed by atoms with Gasteiger partial charge < -0.3 is 10.0 Å². The Balaban J connectivity index is 3.10. The van der Waals surface area contributed by atoms with E-state index in [0.717, 1.165) is 4.31 Å². The zero-order valence-corrected chi connectivity index (χ0v) is 11.8. The molecule has 1 aliphatic heterocycles. The summed E-state index contributed by atoms with van der Waals surface area (Å²) in [6.07, 6.45) is -2.09. The number of urea groups is 1. The fourth-order valence-corrected chi connectivity index (χ4v) is 2.82. The van der Waals surface area contributed by atoms with Gasteiger partial charge in [-0.3, -0.25) is 4.90 Å². The van der Waals surface area contributed by atoms with Crippen molar-refractivity contribution in [1.29, 1.82) is 0 Å². The van der Waals surface area contributed by atoms with E-state index in [1.807, 2.05) is 0 Å². The van der Waals surface area contributed by atoms with Crippen LogP contribution < -0.4 is 4.72 Å². The van der Waals surface area contributed by atoms with Gasteiger partial charge in [-0.25, -0.2) is 9.52 Å². The van der Waals surface area contributed by atoms with Crippen LogP contribution in [0.25, 0.3) is 0 Å². The van der Waals surface area contributed by atoms with Crippen molar-refractivity contribution in [2.75, 3.05) is 27.2 Å². The van der Waals surface area contributed by atoms with Crippen molar-refractivity contribution in [1.82, 2.24) is 18.8 Å². The number of aliphatic hydroxyl groups is 1. The number of hydrogen-bond donors (Lipinski definition) is 2. The Labute approximate surface area is 107 Å². The van der Waals surface area contributed by atoms with Crippen LogP contribution in [0.15, 0.2) is 0 Å². The van der Waals surface area contributed by atoms with Crippen LogP contribution in [0.2, 0.25) is 0 Å². The second-order valence-electron chi connectivity index (χ2n) is 3.91. The maximum Gasteiger partial charge on any atom is 0.323 e. The molecule has 0 aliphatic carbocycles. The van der Waals surface area contributed by atoms with Crippen molar-refractivity contribution in [3.05, 3.63) is 0 Å². The molecule has 1 fully saturated rings. The number of rotatable bonds is 5. The van der Waals surface area contributed by atoms with Gasteiger partial charge in [-0.05, 0) is 13.8 Å². The second kappa shape index (κ2) is 5.39. The Bertz CT molecular complexity index is 413. The maximum absolute atomic E-state index is 12.0. The predicted molar refractivity (Wildman–Crippen MR) is 65.7 cm³/mol. The standard InChI is InChI=1S/C9H20N4O4S/c1-5-12-7(11(4)18(16,17)10-3)8(14)13(6-2)9(12)15/h7-8,10,14H,5-6H2,1-4H3/t7-,8-/m0/s1. The van der Waals surface area contributed by atoms with E-state index in [4.69, 9.17) is 0 Å². The summed E-state index contributed by atoms with van der Waals surface area (Å²) in [6.45, 7) is 4.10. The van der Waals surface area contributed by atoms with E-state index >= 15 is 0 Å². The van der Waals surface area contributed by atoms with Gasteiger partial charge >= 0.3 is 6.03 Å². The molecule has 106 valence electrons. The highest BCUT2D eigenvalue weighted by Gasteiger charge is 2.48. The number of aliphatic hydroxyl groups excluding tert-OH is 1. The summed E-state index contributed by atoms with van der Waals surface area (Å²) in [5, 5.41) is 10.1. The summed E-state index contributed by atoms with van der Waals surface area (Å²) in [7, 11) is -1.10. The van der Waals surface area contributed by atoms with Crippen LogP contribution in [-0.2, 0) is 10.2 Å². The minimum Gasteiger partial charge on any atom is -0.370 e. The lowest BCUT2D eigenvalue weighted by Gasteiger charge is -2.30. The third-order valence-electron chi connectivity index (χ3n) is 3.09. The van der Waals surface area contributed by atoms with Gasteiger partial charge in [0.2, 0.25) is 0 Å². The summed E-state index contributed by atoms with van der Waals surface area (Å²) in [4.78, 5) is 14.5. The zero-order valence-electron chi connectivity index (χ0n) is 11.0. The van der Waals surface area contributed by atoms with Crippen LogP contribution in [0.5, 0.6) is 0 Å². The number of amides is 2. The monoisotopic (exact) mass is 280 g/mol. The zero-order chi connectivity index (χ0) is 14.1. The average Bonchev–Trinajstić information content (AvgIpc) is 2.58. The van der Waals surface area contributed by atoms with Gasteiger partial charge in [-0.1, -0.05) is 0 Å². The highest BCUT2D eigenvalue weighted by Crippen LogP contribution is 2.24. The Hall–Kier alpha value is -0.900. The molecule has 2 amide bonds. The number of carbonyl (C=O) groups is 1. The lowest BCUT2D eigenvalue weighted by Crippen LogP contribution is -2.53. The summed E-state index contributed by atoms with van der Waals surface area (Å²) >= 11 is 0. The molecule has 0 radical (unpaired) electrons. The number of carbonyl (C=O) groups excluding carboxylic acids is 1. The molecule has 2 atom stereocenters. The molecule has 1 aliphatic rings. The van der Waals surface area contributed by atoms with Gasteiger partial charge in [-0.2, -0.15) is 12.7 Å². The van der Waals surface area contributed by atoms with Crippen LogP contribution in [0.3, 0.4) is 0 Å². The van der Waals surface area contributed by atoms with Crippen LogP contribution in [0.1, 0.15) is 13.8 Å². The summed E-state index contributed by atoms with van der Waals surface area (Å²) < 4.78 is 26.6. The van der Waals surface area contributed by atoms with E-state index in [9.17, 15) is 18.3 Å². The second-order valence-corrected chi connectivity index (χ2v) is 5.84. The molecule has 0 saturated carbocycles. The Morgan fingerprint density at radius 1 is 1.33 bits per heavy atom. The van der Waals surface area contributed by atoms with Crippen molar-refractivity contribution in [3.8, 4) is 0 Å². The molecule has 0 aromatic rings. The SMILES string of the molecule is CCN1C(=O)N(CC)[C@@H](O)[C@H]1N(C)S(=O)(=O)NC. The Kier molecular flexibility index (Phi) is 4.54. The van der Waals surface area contributed by atoms with Crippen molar-refractivity contribution >= 4 is 16.2 Å². The lowest BCUT2D eigenvalue weighted by molar-refractivity contribution is 0.00107. The van der Waals surface area contributed by atoms with Crippen molar-refractivity contribution in [2.24, 2.45) is 0 Å². The summed E-state index contributed by atoms with van der Waals surface area (Å²) in [5.41, 5.74) is 0. The first-order valence-corrected chi connectivity index (χ1v) is 7.17. The van der Waals surface area contributed by atoms with Gasteiger partial charge in [0.05, 0.1) is 0 Å². The molecule has 0 unspecified atom stereocenters. The topological polar surface area (TPSA) is 93.2 Å². The van der Waals surface area contributed by atoms with Gasteiger partial charge in [0.1, 0.15) is 6.17 Å². The fourth-order valence-electron chi connectivity index (χ4n) is 2.03. The molecule has 2 N–H and O–H groups in total. The van der Waals surface area contributed by atoms with Gasteiger partial charge in [-0.15, -0.1) is 0 Å². The minimum absolute atomic E-state index is 0.320. The number of nitrogens with one attached hydrogen (secondary N) is 1. The highest BCUT2D eigenvalue weighted by molar-refractivity contribution is 7.87. The average molecular weight is 280 g/mol. The minimum atomic E-state index is -3.71. The molecular weight excluding hydrogens is 260 g/mol. The molecule has 9 heteroatoms. The van der Waals surface area contributed by atoms with E-state index in [2.05, 4.69) is 4.72 Å². The predicted octanol–water partition coefficient (Wildman–Crippen LogP) is -1.20. The van der Waals surface area contributed by atoms with Crippen LogP contribution in [-0.4, -0.2) is 73.2 Å². The molecule has 18 heavy (non-hydrogen) atoms. The van der Waals surface area contributed by atoms with E-state index in [-0.39, 0.29) is 6.03 Å². The van der Waals surface area contributed by atoms with Crippen LogP contribution >= 0.6 is 0 Å². The van der Waals surface area contributed by atoms with E-state index < -0.39 is 22.6 Å². The largest absolute Gasteiger partial charge is 0.370 e. The molecule has 0 aromatic carbocycles. The summed E-state index contributed by atoms with van der Waals surface area (Å²) in [6, 6.07) is -0.365.